The Kier molecular flexibility index (Phi) is 6.13. The lowest BCUT2D eigenvalue weighted by atomic mass is 10.0. The molecule has 0 heterocycles. The molecule has 0 saturated heterocycles. The Morgan fingerprint density at radius 1 is 0.870 bits per heavy atom. The van der Waals surface area contributed by atoms with Gasteiger partial charge in [-0.1, -0.05) is 72.8 Å². The molecule has 2 aromatic carbocycles. The fraction of sp³-hybridized carbons (Fsp3) is 0.0952. The summed E-state index contributed by atoms with van der Waals surface area (Å²) in [6, 6.07) is 19.2. The molecule has 0 amide bonds. The molecular formula is C21H21NO. The Hall–Kier alpha value is -2.87. The quantitative estimate of drug-likeness (QED) is 0.404. The van der Waals surface area contributed by atoms with Gasteiger partial charge in [-0.2, -0.15) is 0 Å². The highest BCUT2D eigenvalue weighted by molar-refractivity contribution is 6.10. The van der Waals surface area contributed by atoms with E-state index in [1.165, 1.54) is 0 Å². The summed E-state index contributed by atoms with van der Waals surface area (Å²) in [4.78, 5) is 14.9. The average Bonchev–Trinajstić information content (AvgIpc) is 2.61. The van der Waals surface area contributed by atoms with Gasteiger partial charge in [-0.15, -0.1) is 13.2 Å². The van der Waals surface area contributed by atoms with Crippen molar-refractivity contribution >= 4 is 11.9 Å². The van der Waals surface area contributed by atoms with Gasteiger partial charge < -0.3 is 4.90 Å². The van der Waals surface area contributed by atoms with Crippen molar-refractivity contribution in [3.05, 3.63) is 103 Å². The molecule has 0 bridgehead atoms. The monoisotopic (exact) mass is 303 g/mol. The summed E-state index contributed by atoms with van der Waals surface area (Å²) in [7, 11) is 0. The predicted molar refractivity (Wildman–Crippen MR) is 97.2 cm³/mol. The molecule has 0 saturated carbocycles. The maximum Gasteiger partial charge on any atom is 0.209 e. The molecule has 0 aliphatic carbocycles. The molecule has 0 fully saturated rings. The summed E-state index contributed by atoms with van der Waals surface area (Å²) < 4.78 is 0. The lowest BCUT2D eigenvalue weighted by molar-refractivity contribution is 0.0999. The highest BCUT2D eigenvalue weighted by Gasteiger charge is 2.17. The van der Waals surface area contributed by atoms with E-state index in [-0.39, 0.29) is 5.78 Å². The number of carbonyl (C=O) groups excluding carboxylic acids is 1. The first-order chi connectivity index (χ1) is 11.3. The molecule has 0 aliphatic heterocycles. The maximum atomic E-state index is 13.0. The van der Waals surface area contributed by atoms with Gasteiger partial charge in [-0.05, 0) is 11.6 Å². The molecule has 0 spiro atoms. The zero-order valence-electron chi connectivity index (χ0n) is 13.2. The van der Waals surface area contributed by atoms with Crippen LogP contribution < -0.4 is 0 Å². The normalized spacial score (nSPS) is 10.9. The highest BCUT2D eigenvalue weighted by Crippen LogP contribution is 2.17. The number of benzene rings is 2. The fourth-order valence-corrected chi connectivity index (χ4v) is 2.33. The number of nitrogens with zero attached hydrogens (tertiary/aromatic N) is 1. The molecule has 0 aliphatic rings. The van der Waals surface area contributed by atoms with Crippen molar-refractivity contribution in [2.24, 2.45) is 0 Å². The molecule has 0 unspecified atom stereocenters. The third-order valence-electron chi connectivity index (χ3n) is 3.41. The number of carbonyl (C=O) groups is 1. The van der Waals surface area contributed by atoms with Crippen molar-refractivity contribution in [2.75, 3.05) is 13.1 Å². The van der Waals surface area contributed by atoms with Crippen molar-refractivity contribution in [2.45, 2.75) is 0 Å². The van der Waals surface area contributed by atoms with Crippen LogP contribution >= 0.6 is 0 Å². The molecule has 116 valence electrons. The van der Waals surface area contributed by atoms with Gasteiger partial charge in [-0.3, -0.25) is 4.79 Å². The fourth-order valence-electron chi connectivity index (χ4n) is 2.33. The van der Waals surface area contributed by atoms with E-state index in [0.29, 0.717) is 24.4 Å². The van der Waals surface area contributed by atoms with Gasteiger partial charge in [0.2, 0.25) is 5.78 Å². The Morgan fingerprint density at radius 2 is 1.39 bits per heavy atom. The summed E-state index contributed by atoms with van der Waals surface area (Å²) in [5.41, 5.74) is 2.31. The predicted octanol–water partition coefficient (Wildman–Crippen LogP) is 4.58. The maximum absolute atomic E-state index is 13.0. The van der Waals surface area contributed by atoms with Crippen molar-refractivity contribution in [1.29, 1.82) is 0 Å². The minimum Gasteiger partial charge on any atom is -0.361 e. The van der Waals surface area contributed by atoms with E-state index in [0.717, 1.165) is 5.56 Å². The van der Waals surface area contributed by atoms with Crippen molar-refractivity contribution in [3.8, 4) is 0 Å². The minimum atomic E-state index is -0.00171. The summed E-state index contributed by atoms with van der Waals surface area (Å²) in [5, 5.41) is 0. The zero-order valence-corrected chi connectivity index (χ0v) is 13.2. The molecule has 2 rings (SSSR count). The first kappa shape index (κ1) is 16.5. The van der Waals surface area contributed by atoms with Crippen LogP contribution in [0.2, 0.25) is 0 Å². The topological polar surface area (TPSA) is 20.3 Å². The Bertz CT molecular complexity index is 676. The van der Waals surface area contributed by atoms with Gasteiger partial charge >= 0.3 is 0 Å². The number of hydrogen-bond acceptors (Lipinski definition) is 2. The zero-order chi connectivity index (χ0) is 16.5. The first-order valence-electron chi connectivity index (χ1n) is 7.59. The molecule has 2 aromatic rings. The Labute approximate surface area is 138 Å². The second-order valence-corrected chi connectivity index (χ2v) is 5.12. The van der Waals surface area contributed by atoms with Gasteiger partial charge in [0.15, 0.2) is 0 Å². The standard InChI is InChI=1S/C21H21NO/c1-3-15-22(16-4-2)20(17-18-11-7-5-8-12-18)21(23)19-13-9-6-10-14-19/h3-14,17H,1-2,15-16H2. The van der Waals surface area contributed by atoms with Crippen LogP contribution in [0, 0.1) is 0 Å². The lowest BCUT2D eigenvalue weighted by Crippen LogP contribution is -2.28. The molecule has 0 atom stereocenters. The summed E-state index contributed by atoms with van der Waals surface area (Å²) in [5.74, 6) is -0.00171. The van der Waals surface area contributed by atoms with E-state index in [4.69, 9.17) is 0 Å². The molecular weight excluding hydrogens is 282 g/mol. The number of Topliss-reactive ketones (excluding diaryl/α,β-unsaturated/α-hetero) is 1. The van der Waals surface area contributed by atoms with Crippen LogP contribution in [0.25, 0.3) is 6.08 Å². The SMILES string of the molecule is C=CCN(CC=C)C(=Cc1ccccc1)C(=O)c1ccccc1. The Morgan fingerprint density at radius 3 is 1.91 bits per heavy atom. The summed E-state index contributed by atoms with van der Waals surface area (Å²) in [6.07, 6.45) is 5.50. The van der Waals surface area contributed by atoms with Gasteiger partial charge in [0.1, 0.15) is 0 Å². The van der Waals surface area contributed by atoms with E-state index in [1.54, 1.807) is 12.2 Å². The van der Waals surface area contributed by atoms with Gasteiger partial charge in [-0.25, -0.2) is 0 Å². The first-order valence-corrected chi connectivity index (χ1v) is 7.59. The summed E-state index contributed by atoms with van der Waals surface area (Å²) in [6.45, 7) is 8.75. The number of allylic oxidation sites excluding steroid dienone is 1. The number of hydrogen-bond donors (Lipinski definition) is 0. The van der Waals surface area contributed by atoms with E-state index >= 15 is 0 Å². The van der Waals surface area contributed by atoms with Gasteiger partial charge in [0, 0.05) is 18.7 Å². The molecule has 23 heavy (non-hydrogen) atoms. The number of ketones is 1. The largest absolute Gasteiger partial charge is 0.361 e. The third-order valence-corrected chi connectivity index (χ3v) is 3.41. The molecule has 0 N–H and O–H groups in total. The third kappa shape index (κ3) is 4.55. The van der Waals surface area contributed by atoms with Crippen LogP contribution in [0.3, 0.4) is 0 Å². The second-order valence-electron chi connectivity index (χ2n) is 5.12. The van der Waals surface area contributed by atoms with Crippen molar-refractivity contribution in [3.63, 3.8) is 0 Å². The van der Waals surface area contributed by atoms with Crippen LogP contribution in [-0.4, -0.2) is 23.8 Å². The van der Waals surface area contributed by atoms with Crippen molar-refractivity contribution in [1.82, 2.24) is 4.90 Å². The Balaban J connectivity index is 2.45. The van der Waals surface area contributed by atoms with Crippen LogP contribution in [0.4, 0.5) is 0 Å². The summed E-state index contributed by atoms with van der Waals surface area (Å²) >= 11 is 0. The van der Waals surface area contributed by atoms with E-state index in [9.17, 15) is 4.79 Å². The molecule has 0 radical (unpaired) electrons. The van der Waals surface area contributed by atoms with E-state index in [1.807, 2.05) is 71.6 Å². The van der Waals surface area contributed by atoms with Gasteiger partial charge in [0.25, 0.3) is 0 Å². The van der Waals surface area contributed by atoms with Crippen LogP contribution in [0.1, 0.15) is 15.9 Å². The van der Waals surface area contributed by atoms with Crippen LogP contribution in [0.15, 0.2) is 91.7 Å². The molecule has 2 heteroatoms. The van der Waals surface area contributed by atoms with Crippen LogP contribution in [0.5, 0.6) is 0 Å². The second kappa shape index (κ2) is 8.54. The number of rotatable bonds is 8. The molecule has 2 nitrogen and oxygen atoms in total. The highest BCUT2D eigenvalue weighted by atomic mass is 16.1. The lowest BCUT2D eigenvalue weighted by Gasteiger charge is -2.24. The average molecular weight is 303 g/mol. The molecule has 0 aromatic heterocycles. The minimum absolute atomic E-state index is 0.00171. The van der Waals surface area contributed by atoms with Crippen LogP contribution in [-0.2, 0) is 0 Å². The van der Waals surface area contributed by atoms with E-state index < -0.39 is 0 Å². The van der Waals surface area contributed by atoms with Gasteiger partial charge in [0.05, 0.1) is 5.70 Å². The smallest absolute Gasteiger partial charge is 0.209 e. The van der Waals surface area contributed by atoms with Crippen molar-refractivity contribution < 1.29 is 4.79 Å². The van der Waals surface area contributed by atoms with E-state index in [2.05, 4.69) is 13.2 Å².